The average molecular weight is 447 g/mol. The van der Waals surface area contributed by atoms with Crippen molar-refractivity contribution in [2.75, 3.05) is 6.61 Å². The minimum atomic E-state index is -0.498. The van der Waals surface area contributed by atoms with Crippen molar-refractivity contribution >= 4 is 50.8 Å². The van der Waals surface area contributed by atoms with Gasteiger partial charge < -0.3 is 14.8 Å². The molecule has 0 bridgehead atoms. The number of hydrogen-bond donors (Lipinski definition) is 2. The Morgan fingerprint density at radius 3 is 2.67 bits per heavy atom. The molecule has 138 valence electrons. The Morgan fingerprint density at radius 1 is 1.30 bits per heavy atom. The van der Waals surface area contributed by atoms with Crippen molar-refractivity contribution in [3.63, 3.8) is 0 Å². The van der Waals surface area contributed by atoms with E-state index in [1.165, 1.54) is 0 Å². The first-order valence-corrected chi connectivity index (χ1v) is 9.62. The van der Waals surface area contributed by atoms with E-state index in [1.807, 2.05) is 13.0 Å². The molecule has 2 N–H and O–H groups in total. The molecule has 0 radical (unpaired) electrons. The Hall–Kier alpha value is -2.58. The highest BCUT2D eigenvalue weighted by atomic mass is 79.9. The fourth-order valence-electron chi connectivity index (χ4n) is 2.35. The predicted molar refractivity (Wildman–Crippen MR) is 108 cm³/mol. The number of amides is 1. The van der Waals surface area contributed by atoms with Crippen molar-refractivity contribution in [3.05, 3.63) is 63.0 Å². The van der Waals surface area contributed by atoms with Crippen LogP contribution in [0.15, 0.2) is 51.8 Å². The van der Waals surface area contributed by atoms with Gasteiger partial charge in [0, 0.05) is 0 Å². The van der Waals surface area contributed by atoms with Gasteiger partial charge in [0.15, 0.2) is 16.7 Å². The second kappa shape index (κ2) is 8.41. The van der Waals surface area contributed by atoms with Gasteiger partial charge in [0.25, 0.3) is 5.91 Å². The van der Waals surface area contributed by atoms with E-state index in [2.05, 4.69) is 21.2 Å². The second-order valence-corrected chi connectivity index (χ2v) is 7.32. The zero-order valence-corrected chi connectivity index (χ0v) is 16.6. The van der Waals surface area contributed by atoms with Gasteiger partial charge in [-0.25, -0.2) is 4.79 Å². The summed E-state index contributed by atoms with van der Waals surface area (Å²) in [6.45, 7) is 2.20. The van der Waals surface area contributed by atoms with Crippen LogP contribution in [0.4, 0.5) is 0 Å². The Labute approximate surface area is 168 Å². The molecule has 0 unspecified atom stereocenters. The molecule has 0 atom stereocenters. The smallest absolute Gasteiger partial charge is 0.343 e. The van der Waals surface area contributed by atoms with E-state index in [4.69, 9.17) is 14.9 Å². The Balaban J connectivity index is 1.93. The number of nitrogens with one attached hydrogen (secondary N) is 2. The summed E-state index contributed by atoms with van der Waals surface area (Å²) in [4.78, 5) is 24.6. The Morgan fingerprint density at radius 2 is 2.04 bits per heavy atom. The van der Waals surface area contributed by atoms with Crippen molar-refractivity contribution in [1.82, 2.24) is 5.32 Å². The van der Waals surface area contributed by atoms with Crippen LogP contribution < -0.4 is 14.8 Å². The van der Waals surface area contributed by atoms with Gasteiger partial charge in [-0.3, -0.25) is 10.2 Å². The van der Waals surface area contributed by atoms with Crippen molar-refractivity contribution in [1.29, 1.82) is 5.41 Å². The number of benzene rings is 2. The van der Waals surface area contributed by atoms with Crippen LogP contribution in [-0.4, -0.2) is 23.7 Å². The predicted octanol–water partition coefficient (Wildman–Crippen LogP) is 4.21. The Bertz CT molecular complexity index is 944. The zero-order chi connectivity index (χ0) is 19.4. The monoisotopic (exact) mass is 446 g/mol. The van der Waals surface area contributed by atoms with Gasteiger partial charge in [-0.15, -0.1) is 0 Å². The summed E-state index contributed by atoms with van der Waals surface area (Å²) in [6.07, 6.45) is 1.65. The summed E-state index contributed by atoms with van der Waals surface area (Å²) in [5, 5.41) is 10.0. The van der Waals surface area contributed by atoms with E-state index in [0.29, 0.717) is 32.9 Å². The van der Waals surface area contributed by atoms with Crippen LogP contribution in [0.2, 0.25) is 0 Å². The van der Waals surface area contributed by atoms with Gasteiger partial charge in [-0.2, -0.15) is 0 Å². The fraction of sp³-hybridized carbons (Fsp3) is 0.105. The van der Waals surface area contributed by atoms with Crippen LogP contribution in [0, 0.1) is 5.41 Å². The highest BCUT2D eigenvalue weighted by molar-refractivity contribution is 9.10. The molecule has 0 spiro atoms. The third-order valence-electron chi connectivity index (χ3n) is 3.50. The molecule has 1 aliphatic rings. The fourth-order valence-corrected chi connectivity index (χ4v) is 3.60. The van der Waals surface area contributed by atoms with Crippen LogP contribution in [0.5, 0.6) is 11.5 Å². The lowest BCUT2D eigenvalue weighted by atomic mass is 10.1. The van der Waals surface area contributed by atoms with E-state index in [1.54, 1.807) is 42.5 Å². The molecule has 1 aliphatic heterocycles. The van der Waals surface area contributed by atoms with E-state index in [0.717, 1.165) is 11.8 Å². The summed E-state index contributed by atoms with van der Waals surface area (Å²) >= 11 is 4.46. The first-order chi connectivity index (χ1) is 13.0. The highest BCUT2D eigenvalue weighted by Gasteiger charge is 2.23. The average Bonchev–Trinajstić information content (AvgIpc) is 2.96. The number of esters is 1. The number of rotatable bonds is 5. The van der Waals surface area contributed by atoms with Crippen LogP contribution in [0.3, 0.4) is 0 Å². The molecule has 8 heteroatoms. The van der Waals surface area contributed by atoms with Crippen molar-refractivity contribution in [3.8, 4) is 11.5 Å². The van der Waals surface area contributed by atoms with E-state index < -0.39 is 5.97 Å². The van der Waals surface area contributed by atoms with Crippen LogP contribution >= 0.6 is 27.7 Å². The lowest BCUT2D eigenvalue weighted by molar-refractivity contribution is -0.115. The topological polar surface area (TPSA) is 88.5 Å². The number of hydrogen-bond acceptors (Lipinski definition) is 6. The highest BCUT2D eigenvalue weighted by Crippen LogP contribution is 2.38. The number of halogens is 1. The molecule has 1 amide bonds. The number of thioether (sulfide) groups is 1. The maximum Gasteiger partial charge on any atom is 0.343 e. The number of carbonyl (C=O) groups excluding carboxylic acids is 2. The van der Waals surface area contributed by atoms with Gasteiger partial charge in [0.2, 0.25) is 0 Å². The molecule has 2 aromatic carbocycles. The SMILES string of the molecule is CCOc1cc(/C=C2\SC(=N)NC2=O)cc(Br)c1OC(=O)c1ccccc1. The van der Waals surface area contributed by atoms with Crippen LogP contribution in [-0.2, 0) is 4.79 Å². The molecule has 1 saturated heterocycles. The first-order valence-electron chi connectivity index (χ1n) is 8.01. The van der Waals surface area contributed by atoms with E-state index >= 15 is 0 Å². The molecular weight excluding hydrogens is 432 g/mol. The van der Waals surface area contributed by atoms with Gasteiger partial charge in [0.1, 0.15) is 0 Å². The minimum absolute atomic E-state index is 0.0868. The molecule has 3 rings (SSSR count). The van der Waals surface area contributed by atoms with Crippen LogP contribution in [0.1, 0.15) is 22.8 Å². The van der Waals surface area contributed by atoms with Gasteiger partial charge in [-0.05, 0) is 70.5 Å². The molecule has 1 heterocycles. The van der Waals surface area contributed by atoms with Gasteiger partial charge in [-0.1, -0.05) is 18.2 Å². The summed E-state index contributed by atoms with van der Waals surface area (Å²) in [5.74, 6) is -0.174. The Kier molecular flexibility index (Phi) is 5.98. The largest absolute Gasteiger partial charge is 0.490 e. The number of ether oxygens (including phenoxy) is 2. The lowest BCUT2D eigenvalue weighted by Crippen LogP contribution is -2.18. The maximum absolute atomic E-state index is 12.4. The normalized spacial score (nSPS) is 15.0. The molecule has 2 aromatic rings. The lowest BCUT2D eigenvalue weighted by Gasteiger charge is -2.13. The zero-order valence-electron chi connectivity index (χ0n) is 14.2. The maximum atomic E-state index is 12.4. The molecule has 6 nitrogen and oxygen atoms in total. The summed E-state index contributed by atoms with van der Waals surface area (Å²) in [7, 11) is 0. The standard InChI is InChI=1S/C19H15BrN2O4S/c1-2-25-14-9-11(10-15-17(23)22-19(21)27-15)8-13(20)16(14)26-18(24)12-6-4-3-5-7-12/h3-10H,2H2,1H3,(H2,21,22,23)/b15-10-. The quantitative estimate of drug-likeness (QED) is 0.408. The minimum Gasteiger partial charge on any atom is -0.490 e. The van der Waals surface area contributed by atoms with E-state index in [-0.39, 0.29) is 16.8 Å². The third kappa shape index (κ3) is 4.58. The second-order valence-electron chi connectivity index (χ2n) is 5.41. The summed E-state index contributed by atoms with van der Waals surface area (Å²) in [6, 6.07) is 12.1. The molecule has 1 fully saturated rings. The molecular formula is C19H15BrN2O4S. The number of amidine groups is 1. The van der Waals surface area contributed by atoms with Gasteiger partial charge >= 0.3 is 5.97 Å². The molecule has 0 aromatic heterocycles. The van der Waals surface area contributed by atoms with Crippen molar-refractivity contribution in [2.24, 2.45) is 0 Å². The third-order valence-corrected chi connectivity index (χ3v) is 4.91. The first kappa shape index (κ1) is 19.2. The summed E-state index contributed by atoms with van der Waals surface area (Å²) < 4.78 is 11.7. The van der Waals surface area contributed by atoms with Crippen molar-refractivity contribution in [2.45, 2.75) is 6.92 Å². The van der Waals surface area contributed by atoms with Crippen LogP contribution in [0.25, 0.3) is 6.08 Å². The van der Waals surface area contributed by atoms with Gasteiger partial charge in [0.05, 0.1) is 21.5 Å². The number of carbonyl (C=O) groups is 2. The van der Waals surface area contributed by atoms with Crippen molar-refractivity contribution < 1.29 is 19.1 Å². The molecule has 27 heavy (non-hydrogen) atoms. The van der Waals surface area contributed by atoms with E-state index in [9.17, 15) is 9.59 Å². The molecule has 0 saturated carbocycles. The molecule has 0 aliphatic carbocycles. The summed E-state index contributed by atoms with van der Waals surface area (Å²) in [5.41, 5.74) is 1.10.